The molecule has 0 saturated carbocycles. The fourth-order valence-electron chi connectivity index (χ4n) is 1.49. The van der Waals surface area contributed by atoms with Crippen LogP contribution in [0.2, 0.25) is 5.02 Å². The van der Waals surface area contributed by atoms with Gasteiger partial charge in [-0.05, 0) is 40.2 Å². The van der Waals surface area contributed by atoms with E-state index in [2.05, 4.69) is 21.2 Å². The SMILES string of the molecule is Fc1ccc(NCc2cccc(Cl)c2F)cc1Br. The first-order chi connectivity index (χ1) is 8.58. The van der Waals surface area contributed by atoms with Gasteiger partial charge in [0.1, 0.15) is 11.6 Å². The molecular weight excluding hydrogens is 324 g/mol. The summed E-state index contributed by atoms with van der Waals surface area (Å²) in [6.07, 6.45) is 0. The van der Waals surface area contributed by atoms with Crippen molar-refractivity contribution in [3.63, 3.8) is 0 Å². The Morgan fingerprint density at radius 2 is 1.94 bits per heavy atom. The van der Waals surface area contributed by atoms with E-state index in [1.807, 2.05) is 0 Å². The molecule has 0 saturated heterocycles. The second-order valence-corrected chi connectivity index (χ2v) is 4.96. The zero-order chi connectivity index (χ0) is 13.1. The summed E-state index contributed by atoms with van der Waals surface area (Å²) in [5, 5.41) is 3.09. The van der Waals surface area contributed by atoms with Crippen LogP contribution in [0.4, 0.5) is 14.5 Å². The van der Waals surface area contributed by atoms with E-state index in [9.17, 15) is 8.78 Å². The van der Waals surface area contributed by atoms with Gasteiger partial charge < -0.3 is 5.32 Å². The summed E-state index contributed by atoms with van der Waals surface area (Å²) in [7, 11) is 0. The molecule has 5 heteroatoms. The van der Waals surface area contributed by atoms with Gasteiger partial charge in [0.05, 0.1) is 9.50 Å². The Bertz CT molecular complexity index is 575. The van der Waals surface area contributed by atoms with E-state index in [4.69, 9.17) is 11.6 Å². The van der Waals surface area contributed by atoms with E-state index < -0.39 is 5.82 Å². The van der Waals surface area contributed by atoms with Crippen molar-refractivity contribution in [2.24, 2.45) is 0 Å². The zero-order valence-corrected chi connectivity index (χ0v) is 11.5. The molecule has 1 nitrogen and oxygen atoms in total. The van der Waals surface area contributed by atoms with Crippen molar-refractivity contribution in [3.8, 4) is 0 Å². The topological polar surface area (TPSA) is 12.0 Å². The Morgan fingerprint density at radius 3 is 2.67 bits per heavy atom. The summed E-state index contributed by atoms with van der Waals surface area (Å²) in [6.45, 7) is 0.282. The molecule has 0 radical (unpaired) electrons. The third-order valence-electron chi connectivity index (χ3n) is 2.43. The molecular formula is C13H9BrClF2N. The van der Waals surface area contributed by atoms with Crippen LogP contribution in [0, 0.1) is 11.6 Å². The van der Waals surface area contributed by atoms with E-state index in [1.54, 1.807) is 24.3 Å². The minimum atomic E-state index is -0.437. The molecule has 0 aromatic heterocycles. The Balaban J connectivity index is 2.11. The molecule has 0 bridgehead atoms. The Kier molecular flexibility index (Phi) is 4.19. The first-order valence-corrected chi connectivity index (χ1v) is 6.37. The van der Waals surface area contributed by atoms with E-state index >= 15 is 0 Å². The average molecular weight is 333 g/mol. The maximum atomic E-state index is 13.6. The van der Waals surface area contributed by atoms with Crippen molar-refractivity contribution < 1.29 is 8.78 Å². The van der Waals surface area contributed by atoms with Gasteiger partial charge in [0.2, 0.25) is 0 Å². The molecule has 1 N–H and O–H groups in total. The van der Waals surface area contributed by atoms with Crippen LogP contribution in [-0.4, -0.2) is 0 Å². The Morgan fingerprint density at radius 1 is 1.17 bits per heavy atom. The third-order valence-corrected chi connectivity index (χ3v) is 3.33. The predicted octanol–water partition coefficient (Wildman–Crippen LogP) is 4.99. The molecule has 0 aliphatic heterocycles. The van der Waals surface area contributed by atoms with E-state index in [-0.39, 0.29) is 17.4 Å². The Labute approximate surface area is 117 Å². The lowest BCUT2D eigenvalue weighted by molar-refractivity contribution is 0.613. The van der Waals surface area contributed by atoms with Gasteiger partial charge in [-0.3, -0.25) is 0 Å². The molecule has 18 heavy (non-hydrogen) atoms. The Hall–Kier alpha value is -1.13. The lowest BCUT2D eigenvalue weighted by Crippen LogP contribution is -2.02. The molecule has 0 aliphatic rings. The molecule has 0 fully saturated rings. The molecule has 0 spiro atoms. The van der Waals surface area contributed by atoms with Gasteiger partial charge >= 0.3 is 0 Å². The summed E-state index contributed by atoms with van der Waals surface area (Å²) in [5.41, 5.74) is 1.16. The van der Waals surface area contributed by atoms with Crippen LogP contribution in [-0.2, 0) is 6.54 Å². The van der Waals surface area contributed by atoms with Crippen molar-refractivity contribution in [1.29, 1.82) is 0 Å². The van der Waals surface area contributed by atoms with Crippen LogP contribution in [0.3, 0.4) is 0 Å². The summed E-state index contributed by atoms with van der Waals surface area (Å²) in [5.74, 6) is -0.776. The highest BCUT2D eigenvalue weighted by atomic mass is 79.9. The van der Waals surface area contributed by atoms with Crippen molar-refractivity contribution in [3.05, 3.63) is 63.1 Å². The highest BCUT2D eigenvalue weighted by Crippen LogP contribution is 2.22. The number of rotatable bonds is 3. The smallest absolute Gasteiger partial charge is 0.146 e. The minimum Gasteiger partial charge on any atom is -0.381 e. The van der Waals surface area contributed by atoms with Crippen LogP contribution in [0.5, 0.6) is 0 Å². The van der Waals surface area contributed by atoms with Gasteiger partial charge in [-0.15, -0.1) is 0 Å². The second kappa shape index (κ2) is 5.67. The lowest BCUT2D eigenvalue weighted by Gasteiger charge is -2.08. The van der Waals surface area contributed by atoms with Crippen LogP contribution in [0.25, 0.3) is 0 Å². The number of hydrogen-bond acceptors (Lipinski definition) is 1. The lowest BCUT2D eigenvalue weighted by atomic mass is 10.2. The van der Waals surface area contributed by atoms with Crippen LogP contribution < -0.4 is 5.32 Å². The van der Waals surface area contributed by atoms with Crippen molar-refractivity contribution in [2.75, 3.05) is 5.32 Å². The minimum absolute atomic E-state index is 0.0922. The summed E-state index contributed by atoms with van der Waals surface area (Å²) in [4.78, 5) is 0. The molecule has 0 unspecified atom stereocenters. The van der Waals surface area contributed by atoms with Crippen LogP contribution >= 0.6 is 27.5 Å². The maximum absolute atomic E-state index is 13.6. The molecule has 2 rings (SSSR count). The quantitative estimate of drug-likeness (QED) is 0.834. The zero-order valence-electron chi connectivity index (χ0n) is 9.18. The normalized spacial score (nSPS) is 10.4. The largest absolute Gasteiger partial charge is 0.381 e. The number of anilines is 1. The van der Waals surface area contributed by atoms with Gasteiger partial charge in [-0.1, -0.05) is 23.7 Å². The van der Waals surface area contributed by atoms with Gasteiger partial charge in [-0.25, -0.2) is 8.78 Å². The van der Waals surface area contributed by atoms with Gasteiger partial charge in [-0.2, -0.15) is 0 Å². The number of hydrogen-bond donors (Lipinski definition) is 1. The van der Waals surface area contributed by atoms with E-state index in [1.165, 1.54) is 12.1 Å². The first-order valence-electron chi connectivity index (χ1n) is 5.20. The standard InChI is InChI=1S/C13H9BrClF2N/c14-10-6-9(4-5-12(10)16)18-7-8-2-1-3-11(15)13(8)17/h1-6,18H,7H2. The predicted molar refractivity (Wildman–Crippen MR) is 72.8 cm³/mol. The van der Waals surface area contributed by atoms with Crippen molar-refractivity contribution >= 4 is 33.2 Å². The number of benzene rings is 2. The summed E-state index contributed by atoms with van der Waals surface area (Å²) >= 11 is 8.77. The highest BCUT2D eigenvalue weighted by Gasteiger charge is 2.06. The number of halogens is 4. The number of nitrogens with one attached hydrogen (secondary N) is 1. The van der Waals surface area contributed by atoms with Crippen molar-refractivity contribution in [2.45, 2.75) is 6.54 Å². The highest BCUT2D eigenvalue weighted by molar-refractivity contribution is 9.10. The van der Waals surface area contributed by atoms with Gasteiger partial charge in [0.15, 0.2) is 0 Å². The monoisotopic (exact) mass is 331 g/mol. The van der Waals surface area contributed by atoms with Crippen LogP contribution in [0.15, 0.2) is 40.9 Å². The molecule has 2 aromatic rings. The molecule has 0 atom stereocenters. The summed E-state index contributed by atoms with van der Waals surface area (Å²) in [6, 6.07) is 9.34. The van der Waals surface area contributed by atoms with E-state index in [0.29, 0.717) is 15.7 Å². The molecule has 94 valence electrons. The van der Waals surface area contributed by atoms with Gasteiger partial charge in [0, 0.05) is 17.8 Å². The molecule has 2 aromatic carbocycles. The fourth-order valence-corrected chi connectivity index (χ4v) is 2.06. The van der Waals surface area contributed by atoms with Gasteiger partial charge in [0.25, 0.3) is 0 Å². The fraction of sp³-hybridized carbons (Fsp3) is 0.0769. The van der Waals surface area contributed by atoms with E-state index in [0.717, 1.165) is 0 Å². The first kappa shape index (κ1) is 13.3. The van der Waals surface area contributed by atoms with Crippen LogP contribution in [0.1, 0.15) is 5.56 Å². The second-order valence-electron chi connectivity index (χ2n) is 3.70. The maximum Gasteiger partial charge on any atom is 0.146 e. The van der Waals surface area contributed by atoms with Crippen molar-refractivity contribution in [1.82, 2.24) is 0 Å². The molecule has 0 amide bonds. The summed E-state index contributed by atoms with van der Waals surface area (Å²) < 4.78 is 27.0. The molecule has 0 heterocycles. The third kappa shape index (κ3) is 3.00. The molecule has 0 aliphatic carbocycles. The average Bonchev–Trinajstić information content (AvgIpc) is 2.35.